The molecule has 0 aromatic carbocycles. The normalized spacial score (nSPS) is 13.2. The maximum Gasteiger partial charge on any atom is 0.433 e. The summed E-state index contributed by atoms with van der Waals surface area (Å²) in [5, 5.41) is 4.83. The van der Waals surface area contributed by atoms with Gasteiger partial charge in [0.2, 0.25) is 0 Å². The Morgan fingerprint density at radius 2 is 1.71 bits per heavy atom. The lowest BCUT2D eigenvalue weighted by atomic mass is 10.1. The molecule has 0 unspecified atom stereocenters. The standard InChI is InChI=1S/C23H31F3N4O4S/c1-14-13-35-18(28-14)30(20(32)34-22(5,6)7)12-16(29-19(31)33-21(2,3)4)10-15-8-9-17(27-11-15)23(24,25)26/h8-9,11,13,16H,10,12H2,1-7H3,(H,29,31)/t16-/m0/s1. The van der Waals surface area contributed by atoms with Crippen LogP contribution in [0, 0.1) is 6.92 Å². The van der Waals surface area contributed by atoms with Crippen molar-refractivity contribution in [2.24, 2.45) is 0 Å². The Bertz CT molecular complexity index is 1010. The highest BCUT2D eigenvalue weighted by molar-refractivity contribution is 7.14. The first-order valence-electron chi connectivity index (χ1n) is 10.9. The van der Waals surface area contributed by atoms with E-state index in [1.54, 1.807) is 53.8 Å². The number of alkyl carbamates (subject to hydrolysis) is 1. The largest absolute Gasteiger partial charge is 0.444 e. The maximum atomic E-state index is 13.0. The number of aromatic nitrogens is 2. The summed E-state index contributed by atoms with van der Waals surface area (Å²) >= 11 is 1.23. The number of carbonyl (C=O) groups excluding carboxylic acids is 2. The summed E-state index contributed by atoms with van der Waals surface area (Å²) in [6.45, 7) is 12.0. The molecule has 12 heteroatoms. The van der Waals surface area contributed by atoms with Gasteiger partial charge in [0.05, 0.1) is 18.3 Å². The number of nitrogens with one attached hydrogen (secondary N) is 1. The van der Waals surface area contributed by atoms with Crippen LogP contribution in [0.1, 0.15) is 58.5 Å². The number of anilines is 1. The minimum Gasteiger partial charge on any atom is -0.444 e. The summed E-state index contributed by atoms with van der Waals surface area (Å²) in [5.74, 6) is 0. The fraction of sp³-hybridized carbons (Fsp3) is 0.565. The van der Waals surface area contributed by atoms with Crippen LogP contribution in [0.25, 0.3) is 0 Å². The molecule has 35 heavy (non-hydrogen) atoms. The highest BCUT2D eigenvalue weighted by atomic mass is 32.1. The number of rotatable bonds is 6. The summed E-state index contributed by atoms with van der Waals surface area (Å²) in [5.41, 5.74) is -1.46. The molecular formula is C23H31F3N4O4S. The van der Waals surface area contributed by atoms with Gasteiger partial charge in [0, 0.05) is 11.6 Å². The lowest BCUT2D eigenvalue weighted by Crippen LogP contribution is -2.49. The smallest absolute Gasteiger partial charge is 0.433 e. The van der Waals surface area contributed by atoms with Crippen LogP contribution in [-0.4, -0.2) is 45.9 Å². The third-order valence-corrected chi connectivity index (χ3v) is 5.15. The Balaban J connectivity index is 2.34. The van der Waals surface area contributed by atoms with E-state index in [-0.39, 0.29) is 13.0 Å². The average Bonchev–Trinajstić information content (AvgIpc) is 3.08. The second-order valence-electron chi connectivity index (χ2n) is 9.96. The number of nitrogens with zero attached hydrogens (tertiary/aromatic N) is 3. The van der Waals surface area contributed by atoms with Gasteiger partial charge in [0.15, 0.2) is 5.13 Å². The van der Waals surface area contributed by atoms with E-state index in [0.29, 0.717) is 16.4 Å². The number of halogens is 3. The lowest BCUT2D eigenvalue weighted by Gasteiger charge is -2.30. The molecule has 0 aliphatic carbocycles. The number of amides is 2. The van der Waals surface area contributed by atoms with Gasteiger partial charge in [-0.15, -0.1) is 11.3 Å². The molecule has 8 nitrogen and oxygen atoms in total. The highest BCUT2D eigenvalue weighted by Gasteiger charge is 2.33. The first kappa shape index (κ1) is 28.3. The monoisotopic (exact) mass is 516 g/mol. The molecule has 194 valence electrons. The summed E-state index contributed by atoms with van der Waals surface area (Å²) in [7, 11) is 0. The average molecular weight is 517 g/mol. The number of alkyl halides is 3. The molecule has 2 aromatic rings. The minimum absolute atomic E-state index is 0.0673. The van der Waals surface area contributed by atoms with Crippen molar-refractivity contribution in [2.75, 3.05) is 11.4 Å². The topological polar surface area (TPSA) is 93.7 Å². The van der Waals surface area contributed by atoms with Crippen molar-refractivity contribution in [1.29, 1.82) is 0 Å². The Morgan fingerprint density at radius 1 is 1.09 bits per heavy atom. The predicted molar refractivity (Wildman–Crippen MR) is 127 cm³/mol. The molecular weight excluding hydrogens is 485 g/mol. The zero-order valence-electron chi connectivity index (χ0n) is 20.8. The van der Waals surface area contributed by atoms with Gasteiger partial charge in [-0.2, -0.15) is 13.2 Å². The molecule has 2 amide bonds. The molecule has 0 aliphatic heterocycles. The SMILES string of the molecule is Cc1csc(N(C[C@H](Cc2ccc(C(F)(F)F)nc2)NC(=O)OC(C)(C)C)C(=O)OC(C)(C)C)n1. The minimum atomic E-state index is -4.57. The van der Waals surface area contributed by atoms with E-state index >= 15 is 0 Å². The Labute approximate surface area is 206 Å². The van der Waals surface area contributed by atoms with Gasteiger partial charge < -0.3 is 14.8 Å². The fourth-order valence-electron chi connectivity index (χ4n) is 2.87. The molecule has 2 heterocycles. The van der Waals surface area contributed by atoms with E-state index in [1.807, 2.05) is 0 Å². The Morgan fingerprint density at radius 3 is 2.17 bits per heavy atom. The summed E-state index contributed by atoms with van der Waals surface area (Å²) in [6, 6.07) is 1.40. The van der Waals surface area contributed by atoms with Crippen LogP contribution in [0.4, 0.5) is 27.9 Å². The van der Waals surface area contributed by atoms with E-state index < -0.39 is 41.3 Å². The number of aryl methyl sites for hydroxylation is 1. The molecule has 2 aromatic heterocycles. The first-order chi connectivity index (χ1) is 15.9. The zero-order chi connectivity index (χ0) is 26.6. The zero-order valence-corrected chi connectivity index (χ0v) is 21.6. The van der Waals surface area contributed by atoms with Gasteiger partial charge >= 0.3 is 18.4 Å². The molecule has 1 atom stereocenters. The third-order valence-electron chi connectivity index (χ3n) is 4.17. The number of hydrogen-bond donors (Lipinski definition) is 1. The van der Waals surface area contributed by atoms with E-state index in [1.165, 1.54) is 22.3 Å². The van der Waals surface area contributed by atoms with Gasteiger partial charge in [-0.1, -0.05) is 6.07 Å². The third kappa shape index (κ3) is 9.71. The van der Waals surface area contributed by atoms with Crippen LogP contribution in [0.15, 0.2) is 23.7 Å². The Kier molecular flexibility index (Phi) is 8.75. The van der Waals surface area contributed by atoms with Crippen molar-refractivity contribution in [3.8, 4) is 0 Å². The van der Waals surface area contributed by atoms with Crippen molar-refractivity contribution in [1.82, 2.24) is 15.3 Å². The fourth-order valence-corrected chi connectivity index (χ4v) is 3.67. The quantitative estimate of drug-likeness (QED) is 0.526. The highest BCUT2D eigenvalue weighted by Crippen LogP contribution is 2.28. The summed E-state index contributed by atoms with van der Waals surface area (Å²) < 4.78 is 49.6. The molecule has 0 aliphatic rings. The molecule has 0 spiro atoms. The molecule has 0 bridgehead atoms. The van der Waals surface area contributed by atoms with Crippen molar-refractivity contribution < 1.29 is 32.2 Å². The van der Waals surface area contributed by atoms with E-state index in [0.717, 1.165) is 12.3 Å². The van der Waals surface area contributed by atoms with Crippen molar-refractivity contribution in [3.05, 3.63) is 40.7 Å². The van der Waals surface area contributed by atoms with Crippen molar-refractivity contribution in [3.63, 3.8) is 0 Å². The van der Waals surface area contributed by atoms with Crippen molar-refractivity contribution >= 4 is 28.7 Å². The second-order valence-corrected chi connectivity index (χ2v) is 10.8. The summed E-state index contributed by atoms with van der Waals surface area (Å²) in [6.07, 6.45) is -4.80. The van der Waals surface area contributed by atoms with Gasteiger partial charge in [-0.25, -0.2) is 14.6 Å². The number of hydrogen-bond acceptors (Lipinski definition) is 7. The molecule has 1 N–H and O–H groups in total. The number of ether oxygens (including phenoxy) is 2. The summed E-state index contributed by atoms with van der Waals surface area (Å²) in [4.78, 5) is 34.7. The van der Waals surface area contributed by atoms with Crippen LogP contribution in [-0.2, 0) is 22.1 Å². The molecule has 0 saturated heterocycles. The van der Waals surface area contributed by atoms with Gasteiger partial charge in [0.1, 0.15) is 16.9 Å². The molecule has 2 rings (SSSR count). The number of thiazole rings is 1. The van der Waals surface area contributed by atoms with E-state index in [4.69, 9.17) is 9.47 Å². The first-order valence-corrected chi connectivity index (χ1v) is 11.8. The van der Waals surface area contributed by atoms with Gasteiger partial charge in [-0.05, 0) is 66.5 Å². The van der Waals surface area contributed by atoms with Crippen LogP contribution >= 0.6 is 11.3 Å². The van der Waals surface area contributed by atoms with Crippen LogP contribution in [0.2, 0.25) is 0 Å². The van der Waals surface area contributed by atoms with E-state index in [2.05, 4.69) is 15.3 Å². The predicted octanol–water partition coefficient (Wildman–Crippen LogP) is 5.74. The van der Waals surface area contributed by atoms with Gasteiger partial charge in [-0.3, -0.25) is 9.88 Å². The maximum absolute atomic E-state index is 13.0. The molecule has 0 fully saturated rings. The van der Waals surface area contributed by atoms with Crippen LogP contribution < -0.4 is 10.2 Å². The van der Waals surface area contributed by atoms with Crippen LogP contribution in [0.3, 0.4) is 0 Å². The van der Waals surface area contributed by atoms with Gasteiger partial charge in [0.25, 0.3) is 0 Å². The molecule has 0 saturated carbocycles. The van der Waals surface area contributed by atoms with Crippen molar-refractivity contribution in [2.45, 2.75) is 78.3 Å². The number of pyridine rings is 1. The van der Waals surface area contributed by atoms with E-state index in [9.17, 15) is 22.8 Å². The molecule has 0 radical (unpaired) electrons. The lowest BCUT2D eigenvalue weighted by molar-refractivity contribution is -0.141. The number of carbonyl (C=O) groups is 2. The van der Waals surface area contributed by atoms with Crippen LogP contribution in [0.5, 0.6) is 0 Å². The second kappa shape index (κ2) is 10.8. The Hall–Kier alpha value is -2.89.